The first-order valence-electron chi connectivity index (χ1n) is 8.47. The van der Waals surface area contributed by atoms with Crippen molar-refractivity contribution in [2.24, 2.45) is 0 Å². The van der Waals surface area contributed by atoms with Crippen LogP contribution < -0.4 is 5.32 Å². The summed E-state index contributed by atoms with van der Waals surface area (Å²) in [5.74, 6) is -1.98. The fraction of sp³-hybridized carbons (Fsp3) is 0.556. The lowest BCUT2D eigenvalue weighted by Crippen LogP contribution is -2.42. The number of hydrogen-bond acceptors (Lipinski definition) is 4. The number of amides is 1. The summed E-state index contributed by atoms with van der Waals surface area (Å²) >= 11 is 0. The van der Waals surface area contributed by atoms with E-state index < -0.39 is 12.0 Å². The van der Waals surface area contributed by atoms with Crippen LogP contribution in [0.4, 0.5) is 0 Å². The maximum Gasteiger partial charge on any atom is 0.326 e. The number of unbranched alkanes of at least 4 members (excludes halogenated alkanes) is 5. The molecule has 6 heteroatoms. The first kappa shape index (κ1) is 19.8. The molecular weight excluding hydrogens is 310 g/mol. The summed E-state index contributed by atoms with van der Waals surface area (Å²) in [5, 5.41) is 30.5. The monoisotopic (exact) mass is 337 g/mol. The smallest absolute Gasteiger partial charge is 0.326 e. The van der Waals surface area contributed by atoms with Crippen molar-refractivity contribution in [1.82, 2.24) is 5.32 Å². The van der Waals surface area contributed by atoms with Crippen molar-refractivity contribution in [2.45, 2.75) is 64.3 Å². The number of benzene rings is 1. The predicted molar refractivity (Wildman–Crippen MR) is 91.0 cm³/mol. The van der Waals surface area contributed by atoms with Gasteiger partial charge in [-0.15, -0.1) is 0 Å². The maximum absolute atomic E-state index is 11.9. The summed E-state index contributed by atoms with van der Waals surface area (Å²) in [6.07, 6.45) is 6.72. The van der Waals surface area contributed by atoms with E-state index in [4.69, 9.17) is 0 Å². The van der Waals surface area contributed by atoms with Gasteiger partial charge in [0.15, 0.2) is 11.5 Å². The van der Waals surface area contributed by atoms with Gasteiger partial charge in [-0.3, -0.25) is 4.79 Å². The fourth-order valence-electron chi connectivity index (χ4n) is 2.46. The lowest BCUT2D eigenvalue weighted by molar-refractivity contribution is -0.141. The molecule has 6 nitrogen and oxygen atoms in total. The van der Waals surface area contributed by atoms with Crippen LogP contribution in [0.5, 0.6) is 11.5 Å². The highest BCUT2D eigenvalue weighted by atomic mass is 16.4. The molecule has 0 aliphatic carbocycles. The molecule has 0 saturated heterocycles. The van der Waals surface area contributed by atoms with Gasteiger partial charge in [-0.1, -0.05) is 45.1 Å². The van der Waals surface area contributed by atoms with Crippen LogP contribution >= 0.6 is 0 Å². The molecule has 1 atom stereocenters. The Bertz CT molecular complexity index is 544. The highest BCUT2D eigenvalue weighted by Crippen LogP contribution is 2.25. The number of aliphatic carboxylic acids is 1. The number of nitrogens with one attached hydrogen (secondary N) is 1. The Balaban J connectivity index is 2.43. The van der Waals surface area contributed by atoms with Crippen LogP contribution in [0, 0.1) is 0 Å². The molecule has 134 valence electrons. The third kappa shape index (κ3) is 7.35. The Hall–Kier alpha value is -2.24. The topological polar surface area (TPSA) is 107 Å². The van der Waals surface area contributed by atoms with Crippen LogP contribution in [0.3, 0.4) is 0 Å². The molecule has 0 bridgehead atoms. The Labute approximate surface area is 142 Å². The molecule has 0 spiro atoms. The van der Waals surface area contributed by atoms with Gasteiger partial charge in [-0.2, -0.15) is 0 Å². The Kier molecular flexibility index (Phi) is 8.68. The first-order valence-corrected chi connectivity index (χ1v) is 8.47. The van der Waals surface area contributed by atoms with E-state index in [1.807, 2.05) is 0 Å². The van der Waals surface area contributed by atoms with E-state index in [-0.39, 0.29) is 23.8 Å². The molecule has 0 aliphatic rings. The Morgan fingerprint density at radius 1 is 1.04 bits per heavy atom. The molecule has 0 aromatic heterocycles. The normalized spacial score (nSPS) is 11.9. The minimum Gasteiger partial charge on any atom is -0.504 e. The van der Waals surface area contributed by atoms with Gasteiger partial charge in [0.05, 0.1) is 0 Å². The van der Waals surface area contributed by atoms with Crippen molar-refractivity contribution in [3.8, 4) is 11.5 Å². The third-order valence-corrected chi connectivity index (χ3v) is 3.87. The van der Waals surface area contributed by atoms with Crippen LogP contribution in [0.2, 0.25) is 0 Å². The zero-order chi connectivity index (χ0) is 17.9. The van der Waals surface area contributed by atoms with Gasteiger partial charge in [0.25, 0.3) is 0 Å². The van der Waals surface area contributed by atoms with E-state index in [9.17, 15) is 24.9 Å². The van der Waals surface area contributed by atoms with E-state index in [1.54, 1.807) is 0 Å². The molecule has 0 aliphatic heterocycles. The van der Waals surface area contributed by atoms with Gasteiger partial charge < -0.3 is 20.6 Å². The van der Waals surface area contributed by atoms with Crippen LogP contribution in [0.1, 0.15) is 57.4 Å². The number of rotatable bonds is 11. The Morgan fingerprint density at radius 3 is 2.33 bits per heavy atom. The van der Waals surface area contributed by atoms with Crippen molar-refractivity contribution < 1.29 is 24.9 Å². The molecule has 4 N–H and O–H groups in total. The predicted octanol–water partition coefficient (Wildman–Crippen LogP) is 2.96. The van der Waals surface area contributed by atoms with Crippen LogP contribution in [-0.4, -0.2) is 33.2 Å². The molecule has 0 radical (unpaired) electrons. The zero-order valence-electron chi connectivity index (χ0n) is 14.1. The molecule has 1 aromatic carbocycles. The SMILES string of the molecule is CCCCCCCCC(=O)N[C@@H](Cc1ccc(O)c(O)c1)C(=O)O. The first-order chi connectivity index (χ1) is 11.4. The van der Waals surface area contributed by atoms with Crippen molar-refractivity contribution >= 4 is 11.9 Å². The largest absolute Gasteiger partial charge is 0.504 e. The summed E-state index contributed by atoms with van der Waals surface area (Å²) in [5.41, 5.74) is 0.526. The molecule has 0 unspecified atom stereocenters. The van der Waals surface area contributed by atoms with Gasteiger partial charge in [0, 0.05) is 12.8 Å². The molecule has 1 aromatic rings. The lowest BCUT2D eigenvalue weighted by atomic mass is 10.0. The number of carbonyl (C=O) groups excluding carboxylic acids is 1. The molecular formula is C18H27NO5. The summed E-state index contributed by atoms with van der Waals surface area (Å²) in [6, 6.07) is 3.05. The molecule has 0 fully saturated rings. The van der Waals surface area contributed by atoms with Gasteiger partial charge in [-0.25, -0.2) is 4.79 Å². The van der Waals surface area contributed by atoms with Crippen molar-refractivity contribution in [3.63, 3.8) is 0 Å². The number of aromatic hydroxyl groups is 2. The van der Waals surface area contributed by atoms with E-state index in [1.165, 1.54) is 37.5 Å². The van der Waals surface area contributed by atoms with Gasteiger partial charge in [0.1, 0.15) is 6.04 Å². The average molecular weight is 337 g/mol. The van der Waals surface area contributed by atoms with Crippen molar-refractivity contribution in [1.29, 1.82) is 0 Å². The van der Waals surface area contributed by atoms with Gasteiger partial charge >= 0.3 is 5.97 Å². The summed E-state index contributed by atoms with van der Waals surface area (Å²) in [6.45, 7) is 2.15. The molecule has 24 heavy (non-hydrogen) atoms. The van der Waals surface area contributed by atoms with Crippen LogP contribution in [0.25, 0.3) is 0 Å². The Morgan fingerprint density at radius 2 is 1.71 bits per heavy atom. The summed E-state index contributed by atoms with van der Waals surface area (Å²) in [4.78, 5) is 23.2. The highest BCUT2D eigenvalue weighted by Gasteiger charge is 2.20. The zero-order valence-corrected chi connectivity index (χ0v) is 14.1. The number of phenols is 2. The number of hydrogen-bond donors (Lipinski definition) is 4. The molecule has 0 saturated carbocycles. The molecule has 0 heterocycles. The van der Waals surface area contributed by atoms with E-state index in [0.717, 1.165) is 19.3 Å². The minimum absolute atomic E-state index is 0.0470. The highest BCUT2D eigenvalue weighted by molar-refractivity contribution is 5.83. The maximum atomic E-state index is 11.9. The average Bonchev–Trinajstić information content (AvgIpc) is 2.53. The van der Waals surface area contributed by atoms with Gasteiger partial charge in [-0.05, 0) is 24.1 Å². The second kappa shape index (κ2) is 10.5. The van der Waals surface area contributed by atoms with Gasteiger partial charge in [0.2, 0.25) is 5.91 Å². The van der Waals surface area contributed by atoms with Crippen LogP contribution in [-0.2, 0) is 16.0 Å². The fourth-order valence-corrected chi connectivity index (χ4v) is 2.46. The number of carbonyl (C=O) groups is 2. The second-order valence-electron chi connectivity index (χ2n) is 6.00. The number of carboxylic acids is 1. The summed E-state index contributed by atoms with van der Waals surface area (Å²) < 4.78 is 0. The third-order valence-electron chi connectivity index (χ3n) is 3.87. The van der Waals surface area contributed by atoms with Crippen LogP contribution in [0.15, 0.2) is 18.2 Å². The lowest BCUT2D eigenvalue weighted by Gasteiger charge is -2.15. The van der Waals surface area contributed by atoms with Crippen molar-refractivity contribution in [3.05, 3.63) is 23.8 Å². The number of carboxylic acid groups (broad SMARTS) is 1. The number of phenolic OH excluding ortho intramolecular Hbond substituents is 2. The van der Waals surface area contributed by atoms with E-state index in [2.05, 4.69) is 12.2 Å². The summed E-state index contributed by atoms with van der Waals surface area (Å²) in [7, 11) is 0. The van der Waals surface area contributed by atoms with Crippen molar-refractivity contribution in [2.75, 3.05) is 0 Å². The second-order valence-corrected chi connectivity index (χ2v) is 6.00. The minimum atomic E-state index is -1.13. The standard InChI is InChI=1S/C18H27NO5/c1-2-3-4-5-6-7-8-17(22)19-14(18(23)24)11-13-9-10-15(20)16(21)12-13/h9-10,12,14,20-21H,2-8,11H2,1H3,(H,19,22)(H,23,24)/t14-/m0/s1. The van der Waals surface area contributed by atoms with E-state index in [0.29, 0.717) is 12.0 Å². The van der Waals surface area contributed by atoms with E-state index >= 15 is 0 Å². The molecule has 1 amide bonds. The quantitative estimate of drug-likeness (QED) is 0.367. The molecule has 1 rings (SSSR count).